The second-order valence-corrected chi connectivity index (χ2v) is 6.58. The number of hydrogen-bond donors (Lipinski definition) is 2. The lowest BCUT2D eigenvalue weighted by atomic mass is 10.1. The van der Waals surface area contributed by atoms with E-state index in [2.05, 4.69) is 5.32 Å². The number of nitrogens with one attached hydrogen (secondary N) is 1. The summed E-state index contributed by atoms with van der Waals surface area (Å²) in [6, 6.07) is 11.0. The van der Waals surface area contributed by atoms with Crippen molar-refractivity contribution in [2.45, 2.75) is 13.0 Å². The van der Waals surface area contributed by atoms with Crippen LogP contribution in [0.25, 0.3) is 6.08 Å². The molecule has 0 bridgehead atoms. The average Bonchev–Trinajstić information content (AvgIpc) is 2.69. The number of aliphatic carboxylic acids is 1. The number of hydrogen-bond acceptors (Lipinski definition) is 5. The standard InChI is InChI=1S/C20H16Cl2N2O5/c1-11(20(26)27)29-17-6-3-12(8-18(17)28-2)7-13(10-23)19(25)24-14-4-5-15(21)16(22)9-14/h3-9,11H,1-2H3,(H,24,25)(H,26,27)/b13-7-/t11-/m1/s1. The van der Waals surface area contributed by atoms with Crippen molar-refractivity contribution in [2.75, 3.05) is 12.4 Å². The zero-order chi connectivity index (χ0) is 21.6. The van der Waals surface area contributed by atoms with Crippen LogP contribution in [0, 0.1) is 11.3 Å². The van der Waals surface area contributed by atoms with Gasteiger partial charge in [-0.2, -0.15) is 5.26 Å². The average molecular weight is 435 g/mol. The van der Waals surface area contributed by atoms with Gasteiger partial charge >= 0.3 is 5.97 Å². The van der Waals surface area contributed by atoms with Crippen molar-refractivity contribution in [3.8, 4) is 17.6 Å². The fourth-order valence-corrected chi connectivity index (χ4v) is 2.50. The molecule has 0 aliphatic heterocycles. The van der Waals surface area contributed by atoms with Crippen molar-refractivity contribution in [1.82, 2.24) is 0 Å². The quantitative estimate of drug-likeness (QED) is 0.493. The SMILES string of the molecule is COc1cc(/C=C(/C#N)C(=O)Nc2ccc(Cl)c(Cl)c2)ccc1O[C@H](C)C(=O)O. The minimum absolute atomic E-state index is 0.161. The molecule has 0 radical (unpaired) electrons. The Labute approximate surface area is 177 Å². The van der Waals surface area contributed by atoms with Crippen molar-refractivity contribution in [3.63, 3.8) is 0 Å². The van der Waals surface area contributed by atoms with Gasteiger partial charge in [0.1, 0.15) is 11.6 Å². The first-order chi connectivity index (χ1) is 13.7. The van der Waals surface area contributed by atoms with E-state index in [1.807, 2.05) is 6.07 Å². The van der Waals surface area contributed by atoms with E-state index in [9.17, 15) is 14.9 Å². The van der Waals surface area contributed by atoms with Crippen LogP contribution >= 0.6 is 23.2 Å². The van der Waals surface area contributed by atoms with Crippen LogP contribution in [0.1, 0.15) is 12.5 Å². The molecule has 150 valence electrons. The third-order valence-electron chi connectivity index (χ3n) is 3.69. The molecule has 29 heavy (non-hydrogen) atoms. The molecule has 2 N–H and O–H groups in total. The number of methoxy groups -OCH3 is 1. The number of ether oxygens (including phenoxy) is 2. The second-order valence-electron chi connectivity index (χ2n) is 5.76. The maximum absolute atomic E-state index is 12.4. The Morgan fingerprint density at radius 2 is 1.90 bits per heavy atom. The zero-order valence-corrected chi connectivity index (χ0v) is 16.9. The van der Waals surface area contributed by atoms with Gasteiger partial charge in [-0.15, -0.1) is 0 Å². The number of carbonyl (C=O) groups is 2. The number of carbonyl (C=O) groups excluding carboxylic acids is 1. The first-order valence-electron chi connectivity index (χ1n) is 8.21. The minimum Gasteiger partial charge on any atom is -0.493 e. The highest BCUT2D eigenvalue weighted by Gasteiger charge is 2.16. The predicted molar refractivity (Wildman–Crippen MR) is 109 cm³/mol. The molecule has 0 saturated heterocycles. The lowest BCUT2D eigenvalue weighted by Crippen LogP contribution is -2.23. The summed E-state index contributed by atoms with van der Waals surface area (Å²) in [7, 11) is 1.39. The highest BCUT2D eigenvalue weighted by molar-refractivity contribution is 6.42. The number of nitriles is 1. The molecule has 0 heterocycles. The summed E-state index contributed by atoms with van der Waals surface area (Å²) < 4.78 is 10.5. The smallest absolute Gasteiger partial charge is 0.344 e. The molecule has 0 unspecified atom stereocenters. The summed E-state index contributed by atoms with van der Waals surface area (Å²) >= 11 is 11.8. The summed E-state index contributed by atoms with van der Waals surface area (Å²) in [5.41, 5.74) is 0.707. The molecule has 1 amide bonds. The lowest BCUT2D eigenvalue weighted by Gasteiger charge is -2.14. The first kappa shape index (κ1) is 22.1. The van der Waals surface area contributed by atoms with Crippen LogP contribution in [0.3, 0.4) is 0 Å². The van der Waals surface area contributed by atoms with Gasteiger partial charge in [-0.1, -0.05) is 29.3 Å². The zero-order valence-electron chi connectivity index (χ0n) is 15.4. The Morgan fingerprint density at radius 1 is 1.17 bits per heavy atom. The highest BCUT2D eigenvalue weighted by atomic mass is 35.5. The molecule has 9 heteroatoms. The Balaban J connectivity index is 2.25. The molecule has 2 aromatic carbocycles. The summed E-state index contributed by atoms with van der Waals surface area (Å²) in [6.07, 6.45) is 0.289. The summed E-state index contributed by atoms with van der Waals surface area (Å²) in [6.45, 7) is 1.39. The number of carboxylic acids is 1. The summed E-state index contributed by atoms with van der Waals surface area (Å²) in [5.74, 6) is -1.28. The van der Waals surface area contributed by atoms with Gasteiger partial charge < -0.3 is 19.9 Å². The van der Waals surface area contributed by atoms with Gasteiger partial charge in [0.2, 0.25) is 0 Å². The molecular weight excluding hydrogens is 419 g/mol. The predicted octanol–water partition coefficient (Wildman–Crippen LogP) is 4.40. The Hall–Kier alpha value is -3.21. The number of anilines is 1. The normalized spacial score (nSPS) is 11.9. The molecule has 0 aliphatic carbocycles. The van der Waals surface area contributed by atoms with Crippen LogP contribution in [-0.4, -0.2) is 30.2 Å². The van der Waals surface area contributed by atoms with Crippen LogP contribution in [0.2, 0.25) is 10.0 Å². The van der Waals surface area contributed by atoms with Gasteiger partial charge in [-0.25, -0.2) is 4.79 Å². The summed E-state index contributed by atoms with van der Waals surface area (Å²) in [5, 5.41) is 21.5. The van der Waals surface area contributed by atoms with E-state index in [1.165, 1.54) is 44.4 Å². The molecule has 0 fully saturated rings. The topological polar surface area (TPSA) is 109 Å². The third kappa shape index (κ3) is 5.88. The number of carboxylic acid groups (broad SMARTS) is 1. The number of amides is 1. The number of nitrogens with zero attached hydrogens (tertiary/aromatic N) is 1. The highest BCUT2D eigenvalue weighted by Crippen LogP contribution is 2.30. The number of benzene rings is 2. The van der Waals surface area contributed by atoms with E-state index < -0.39 is 18.0 Å². The third-order valence-corrected chi connectivity index (χ3v) is 4.43. The maximum Gasteiger partial charge on any atom is 0.344 e. The fourth-order valence-electron chi connectivity index (χ4n) is 2.20. The Morgan fingerprint density at radius 3 is 2.48 bits per heavy atom. The van der Waals surface area contributed by atoms with E-state index in [-0.39, 0.29) is 22.1 Å². The molecule has 0 aromatic heterocycles. The van der Waals surface area contributed by atoms with Gasteiger partial charge in [0, 0.05) is 5.69 Å². The molecule has 2 rings (SSSR count). The Bertz CT molecular complexity index is 1010. The van der Waals surface area contributed by atoms with Gasteiger partial charge in [0.25, 0.3) is 5.91 Å². The van der Waals surface area contributed by atoms with Crippen molar-refractivity contribution >= 4 is 46.8 Å². The van der Waals surface area contributed by atoms with E-state index in [0.29, 0.717) is 16.3 Å². The van der Waals surface area contributed by atoms with Crippen LogP contribution in [-0.2, 0) is 9.59 Å². The largest absolute Gasteiger partial charge is 0.493 e. The molecule has 0 spiro atoms. The van der Waals surface area contributed by atoms with Crippen LogP contribution < -0.4 is 14.8 Å². The number of rotatable bonds is 7. The van der Waals surface area contributed by atoms with Gasteiger partial charge in [0.05, 0.1) is 17.2 Å². The minimum atomic E-state index is -1.12. The van der Waals surface area contributed by atoms with Gasteiger partial charge in [-0.3, -0.25) is 4.79 Å². The Kier molecular flexibility index (Phi) is 7.48. The van der Waals surface area contributed by atoms with Gasteiger partial charge in [0.15, 0.2) is 17.6 Å². The van der Waals surface area contributed by atoms with Crippen molar-refractivity contribution in [3.05, 3.63) is 57.6 Å². The summed E-state index contributed by atoms with van der Waals surface area (Å²) in [4.78, 5) is 23.3. The van der Waals surface area contributed by atoms with E-state index in [1.54, 1.807) is 12.1 Å². The molecular formula is C20H16Cl2N2O5. The van der Waals surface area contributed by atoms with Gasteiger partial charge in [-0.05, 0) is 48.9 Å². The van der Waals surface area contributed by atoms with E-state index in [4.69, 9.17) is 37.8 Å². The molecule has 0 aliphatic rings. The van der Waals surface area contributed by atoms with E-state index in [0.717, 1.165) is 0 Å². The van der Waals surface area contributed by atoms with Crippen LogP contribution in [0.5, 0.6) is 11.5 Å². The molecule has 1 atom stereocenters. The first-order valence-corrected chi connectivity index (χ1v) is 8.96. The second kappa shape index (κ2) is 9.82. The van der Waals surface area contributed by atoms with E-state index >= 15 is 0 Å². The van der Waals surface area contributed by atoms with Crippen LogP contribution in [0.4, 0.5) is 5.69 Å². The monoisotopic (exact) mass is 434 g/mol. The van der Waals surface area contributed by atoms with Crippen molar-refractivity contribution < 1.29 is 24.2 Å². The number of halogens is 2. The fraction of sp³-hybridized carbons (Fsp3) is 0.150. The maximum atomic E-state index is 12.4. The van der Waals surface area contributed by atoms with Crippen molar-refractivity contribution in [2.24, 2.45) is 0 Å². The molecule has 2 aromatic rings. The van der Waals surface area contributed by atoms with Crippen LogP contribution in [0.15, 0.2) is 42.0 Å². The van der Waals surface area contributed by atoms with Crippen molar-refractivity contribution in [1.29, 1.82) is 5.26 Å². The lowest BCUT2D eigenvalue weighted by molar-refractivity contribution is -0.144. The molecule has 0 saturated carbocycles. The molecule has 7 nitrogen and oxygen atoms in total.